The highest BCUT2D eigenvalue weighted by Gasteiger charge is 2.33. The zero-order valence-electron chi connectivity index (χ0n) is 8.20. The Morgan fingerprint density at radius 3 is 2.54 bits per heavy atom. The van der Waals surface area contributed by atoms with Crippen LogP contribution < -0.4 is 0 Å². The molecule has 13 heavy (non-hydrogen) atoms. The molecule has 2 nitrogen and oxygen atoms in total. The molecule has 0 saturated carbocycles. The van der Waals surface area contributed by atoms with E-state index in [0.29, 0.717) is 12.1 Å². The molecule has 2 bridgehead atoms. The number of rotatable bonds is 1. The van der Waals surface area contributed by atoms with E-state index in [2.05, 4.69) is 24.6 Å². The summed E-state index contributed by atoms with van der Waals surface area (Å²) < 4.78 is 5.54. The van der Waals surface area contributed by atoms with Crippen LogP contribution in [0.15, 0.2) is 24.3 Å². The second kappa shape index (κ2) is 3.64. The van der Waals surface area contributed by atoms with Crippen molar-refractivity contribution in [2.75, 3.05) is 20.3 Å². The smallest absolute Gasteiger partial charge is 0.0625 e. The van der Waals surface area contributed by atoms with E-state index in [1.165, 1.54) is 5.57 Å². The predicted molar refractivity (Wildman–Crippen MR) is 53.7 cm³/mol. The number of allylic oxidation sites excluding steroid dienone is 2. The molecule has 0 aromatic carbocycles. The molecule has 2 fully saturated rings. The van der Waals surface area contributed by atoms with Crippen LogP contribution in [0, 0.1) is 0 Å². The summed E-state index contributed by atoms with van der Waals surface area (Å²) in [6, 6.07) is 1.19. The van der Waals surface area contributed by atoms with Crippen molar-refractivity contribution in [3.63, 3.8) is 0 Å². The first-order chi connectivity index (χ1) is 6.31. The highest BCUT2D eigenvalue weighted by molar-refractivity contribution is 5.17. The molecule has 72 valence electrons. The third-order valence-corrected chi connectivity index (χ3v) is 3.12. The predicted octanol–water partition coefficient (Wildman–Crippen LogP) is 1.59. The number of piperidine rings is 1. The van der Waals surface area contributed by atoms with Gasteiger partial charge < -0.3 is 4.74 Å². The molecule has 2 aliphatic rings. The largest absolute Gasteiger partial charge is 0.378 e. The summed E-state index contributed by atoms with van der Waals surface area (Å²) in [5, 5.41) is 0. The Labute approximate surface area is 79.9 Å². The summed E-state index contributed by atoms with van der Waals surface area (Å²) in [6.07, 6.45) is 6.37. The summed E-state index contributed by atoms with van der Waals surface area (Å²) in [7, 11) is 2.21. The van der Waals surface area contributed by atoms with Gasteiger partial charge in [0.25, 0.3) is 0 Å². The van der Waals surface area contributed by atoms with Crippen molar-refractivity contribution < 1.29 is 4.74 Å². The summed E-state index contributed by atoms with van der Waals surface area (Å²) in [5.74, 6) is 0. The zero-order valence-corrected chi connectivity index (χ0v) is 8.20. The van der Waals surface area contributed by atoms with Crippen LogP contribution in [0.2, 0.25) is 0 Å². The molecular formula is C11H17NO. The molecule has 0 radical (unpaired) electrons. The average molecular weight is 179 g/mol. The zero-order chi connectivity index (χ0) is 9.26. The Morgan fingerprint density at radius 1 is 1.38 bits per heavy atom. The van der Waals surface area contributed by atoms with E-state index >= 15 is 0 Å². The highest BCUT2D eigenvalue weighted by atomic mass is 16.5. The second-order valence-electron chi connectivity index (χ2n) is 3.98. The lowest BCUT2D eigenvalue weighted by Gasteiger charge is -2.44. The minimum absolute atomic E-state index is 0.596. The molecule has 0 aliphatic carbocycles. The number of nitrogens with zero attached hydrogens (tertiary/aromatic N) is 1. The fourth-order valence-corrected chi connectivity index (χ4v) is 2.27. The summed E-state index contributed by atoms with van der Waals surface area (Å²) in [5.41, 5.74) is 1.53. The SMILES string of the molecule is C=CC=C1CC2COCC(C1)N2C. The Morgan fingerprint density at radius 2 is 2.00 bits per heavy atom. The van der Waals surface area contributed by atoms with Crippen LogP contribution in [-0.4, -0.2) is 37.2 Å². The number of likely N-dealkylation sites (N-methyl/N-ethyl adjacent to an activating group) is 1. The van der Waals surface area contributed by atoms with Crippen LogP contribution in [0.3, 0.4) is 0 Å². The molecule has 0 amide bonds. The Balaban J connectivity index is 2.11. The van der Waals surface area contributed by atoms with Crippen molar-refractivity contribution in [3.05, 3.63) is 24.3 Å². The topological polar surface area (TPSA) is 12.5 Å². The van der Waals surface area contributed by atoms with E-state index in [9.17, 15) is 0 Å². The number of morpholine rings is 1. The third-order valence-electron chi connectivity index (χ3n) is 3.12. The third kappa shape index (κ3) is 1.69. The quantitative estimate of drug-likeness (QED) is 0.606. The first kappa shape index (κ1) is 8.97. The Bertz CT molecular complexity index is 218. The van der Waals surface area contributed by atoms with Gasteiger partial charge in [-0.3, -0.25) is 4.90 Å². The van der Waals surface area contributed by atoms with Crippen molar-refractivity contribution in [1.82, 2.24) is 4.90 Å². The van der Waals surface area contributed by atoms with Gasteiger partial charge in [0.15, 0.2) is 0 Å². The molecule has 2 rings (SSSR count). The van der Waals surface area contributed by atoms with Gasteiger partial charge in [0.05, 0.1) is 13.2 Å². The number of hydrogen-bond acceptors (Lipinski definition) is 2. The van der Waals surface area contributed by atoms with E-state index in [1.54, 1.807) is 0 Å². The maximum Gasteiger partial charge on any atom is 0.0625 e. The van der Waals surface area contributed by atoms with Gasteiger partial charge in [0.2, 0.25) is 0 Å². The van der Waals surface area contributed by atoms with Crippen LogP contribution in [0.4, 0.5) is 0 Å². The Hall–Kier alpha value is -0.600. The molecular weight excluding hydrogens is 162 g/mol. The summed E-state index contributed by atoms with van der Waals surface area (Å²) in [4.78, 5) is 2.46. The summed E-state index contributed by atoms with van der Waals surface area (Å²) in [6.45, 7) is 5.53. The number of fused-ring (bicyclic) bond motifs is 2. The normalized spacial score (nSPS) is 34.4. The van der Waals surface area contributed by atoms with E-state index in [4.69, 9.17) is 4.74 Å². The summed E-state index contributed by atoms with van der Waals surface area (Å²) >= 11 is 0. The molecule has 0 spiro atoms. The maximum absolute atomic E-state index is 5.54. The van der Waals surface area contributed by atoms with Crippen LogP contribution >= 0.6 is 0 Å². The van der Waals surface area contributed by atoms with Crippen LogP contribution in [0.5, 0.6) is 0 Å². The molecule has 2 saturated heterocycles. The van der Waals surface area contributed by atoms with Gasteiger partial charge in [-0.15, -0.1) is 0 Å². The van der Waals surface area contributed by atoms with Crippen molar-refractivity contribution in [3.8, 4) is 0 Å². The first-order valence-electron chi connectivity index (χ1n) is 4.91. The molecule has 2 heterocycles. The first-order valence-corrected chi connectivity index (χ1v) is 4.91. The monoisotopic (exact) mass is 179 g/mol. The minimum atomic E-state index is 0.596. The molecule has 2 heteroatoms. The van der Waals surface area contributed by atoms with Crippen LogP contribution in [0.25, 0.3) is 0 Å². The van der Waals surface area contributed by atoms with Gasteiger partial charge in [-0.1, -0.05) is 24.3 Å². The van der Waals surface area contributed by atoms with Gasteiger partial charge in [0.1, 0.15) is 0 Å². The lowest BCUT2D eigenvalue weighted by molar-refractivity contribution is -0.0475. The van der Waals surface area contributed by atoms with E-state index in [1.807, 2.05) is 6.08 Å². The number of hydrogen-bond donors (Lipinski definition) is 0. The standard InChI is InChI=1S/C11H17NO/c1-3-4-9-5-10-7-13-8-11(6-9)12(10)2/h3-4,10-11H,1,5-8H2,2H3. The van der Waals surface area contributed by atoms with Gasteiger partial charge >= 0.3 is 0 Å². The number of ether oxygens (including phenoxy) is 1. The average Bonchev–Trinajstić information content (AvgIpc) is 2.07. The van der Waals surface area contributed by atoms with Crippen molar-refractivity contribution >= 4 is 0 Å². The second-order valence-corrected chi connectivity index (χ2v) is 3.98. The van der Waals surface area contributed by atoms with E-state index in [0.717, 1.165) is 26.1 Å². The lowest BCUT2D eigenvalue weighted by Crippen LogP contribution is -2.53. The van der Waals surface area contributed by atoms with Gasteiger partial charge in [-0.05, 0) is 19.9 Å². The van der Waals surface area contributed by atoms with Gasteiger partial charge in [-0.25, -0.2) is 0 Å². The highest BCUT2D eigenvalue weighted by Crippen LogP contribution is 2.29. The molecule has 2 unspecified atom stereocenters. The van der Waals surface area contributed by atoms with Gasteiger partial charge in [0, 0.05) is 12.1 Å². The van der Waals surface area contributed by atoms with Crippen molar-refractivity contribution in [2.24, 2.45) is 0 Å². The van der Waals surface area contributed by atoms with E-state index in [-0.39, 0.29) is 0 Å². The lowest BCUT2D eigenvalue weighted by atomic mass is 9.90. The van der Waals surface area contributed by atoms with Crippen LogP contribution in [0.1, 0.15) is 12.8 Å². The molecule has 2 atom stereocenters. The minimum Gasteiger partial charge on any atom is -0.378 e. The van der Waals surface area contributed by atoms with E-state index < -0.39 is 0 Å². The molecule has 2 aliphatic heterocycles. The fraction of sp³-hybridized carbons (Fsp3) is 0.636. The molecule has 0 aromatic rings. The molecule has 0 aromatic heterocycles. The van der Waals surface area contributed by atoms with Gasteiger partial charge in [-0.2, -0.15) is 0 Å². The maximum atomic E-state index is 5.54. The van der Waals surface area contributed by atoms with Crippen LogP contribution in [-0.2, 0) is 4.74 Å². The molecule has 0 N–H and O–H groups in total. The van der Waals surface area contributed by atoms with Crippen molar-refractivity contribution in [2.45, 2.75) is 24.9 Å². The Kier molecular flexibility index (Phi) is 2.51. The fourth-order valence-electron chi connectivity index (χ4n) is 2.27. The van der Waals surface area contributed by atoms with Crippen molar-refractivity contribution in [1.29, 1.82) is 0 Å².